The van der Waals surface area contributed by atoms with Gasteiger partial charge in [0.25, 0.3) is 5.91 Å². The standard InChI is InChI=1S/C21H20N2O5/c1-13(16-4-3-5-17(10-16)23-14(2)24)22-20(25)12-27-18-8-6-15-7-9-21(26)28-19(15)11-18/h3-11,13H,12H2,1-2H3,(H,22,25)(H,23,24). The van der Waals surface area contributed by atoms with Crippen LogP contribution in [0.4, 0.5) is 5.69 Å². The van der Waals surface area contributed by atoms with Crippen molar-refractivity contribution in [1.82, 2.24) is 5.32 Å². The van der Waals surface area contributed by atoms with Gasteiger partial charge in [-0.05, 0) is 42.8 Å². The van der Waals surface area contributed by atoms with Crippen molar-refractivity contribution in [2.24, 2.45) is 0 Å². The van der Waals surface area contributed by atoms with Crippen molar-refractivity contribution >= 4 is 28.5 Å². The second kappa shape index (κ2) is 8.39. The second-order valence-corrected chi connectivity index (χ2v) is 6.34. The first kappa shape index (κ1) is 19.2. The lowest BCUT2D eigenvalue weighted by molar-refractivity contribution is -0.123. The molecule has 7 heteroatoms. The summed E-state index contributed by atoms with van der Waals surface area (Å²) in [7, 11) is 0. The number of rotatable bonds is 6. The Labute approximate surface area is 161 Å². The van der Waals surface area contributed by atoms with Gasteiger partial charge in [0.15, 0.2) is 6.61 Å². The zero-order valence-electron chi connectivity index (χ0n) is 15.5. The Morgan fingerprint density at radius 2 is 1.89 bits per heavy atom. The van der Waals surface area contributed by atoms with Crippen molar-refractivity contribution in [2.75, 3.05) is 11.9 Å². The first-order valence-corrected chi connectivity index (χ1v) is 8.74. The quantitative estimate of drug-likeness (QED) is 0.641. The Kier molecular flexibility index (Phi) is 5.74. The van der Waals surface area contributed by atoms with E-state index in [1.165, 1.54) is 13.0 Å². The first-order valence-electron chi connectivity index (χ1n) is 8.74. The fraction of sp³-hybridized carbons (Fsp3) is 0.190. The summed E-state index contributed by atoms with van der Waals surface area (Å²) >= 11 is 0. The molecule has 0 fully saturated rings. The van der Waals surface area contributed by atoms with Gasteiger partial charge in [-0.15, -0.1) is 0 Å². The molecule has 0 bridgehead atoms. The van der Waals surface area contributed by atoms with Crippen LogP contribution in [0.15, 0.2) is 63.8 Å². The topological polar surface area (TPSA) is 97.6 Å². The number of hydrogen-bond donors (Lipinski definition) is 2. The zero-order chi connectivity index (χ0) is 20.1. The van der Waals surface area contributed by atoms with E-state index in [-0.39, 0.29) is 24.5 Å². The molecule has 1 aromatic heterocycles. The zero-order valence-corrected chi connectivity index (χ0v) is 15.5. The number of fused-ring (bicyclic) bond motifs is 1. The number of hydrogen-bond acceptors (Lipinski definition) is 5. The van der Waals surface area contributed by atoms with Gasteiger partial charge < -0.3 is 19.8 Å². The molecule has 0 spiro atoms. The van der Waals surface area contributed by atoms with Crippen LogP contribution in [0.2, 0.25) is 0 Å². The lowest BCUT2D eigenvalue weighted by Crippen LogP contribution is -2.31. The lowest BCUT2D eigenvalue weighted by Gasteiger charge is -2.16. The van der Waals surface area contributed by atoms with Gasteiger partial charge in [-0.25, -0.2) is 4.79 Å². The minimum absolute atomic E-state index is 0.159. The maximum Gasteiger partial charge on any atom is 0.336 e. The highest BCUT2D eigenvalue weighted by atomic mass is 16.5. The number of ether oxygens (including phenoxy) is 1. The van der Waals surface area contributed by atoms with E-state index in [4.69, 9.17) is 9.15 Å². The molecule has 3 rings (SSSR count). The Morgan fingerprint density at radius 1 is 1.11 bits per heavy atom. The molecule has 28 heavy (non-hydrogen) atoms. The molecule has 0 aliphatic rings. The van der Waals surface area contributed by atoms with E-state index in [0.717, 1.165) is 10.9 Å². The molecule has 144 valence electrons. The summed E-state index contributed by atoms with van der Waals surface area (Å²) < 4.78 is 10.6. The molecular weight excluding hydrogens is 360 g/mol. The predicted molar refractivity (Wildman–Crippen MR) is 105 cm³/mol. The molecule has 7 nitrogen and oxygen atoms in total. The summed E-state index contributed by atoms with van der Waals surface area (Å²) in [6.07, 6.45) is 0. The number of anilines is 1. The predicted octanol–water partition coefficient (Wildman–Crippen LogP) is 3.01. The van der Waals surface area contributed by atoms with Crippen LogP contribution in [0.25, 0.3) is 11.0 Å². The van der Waals surface area contributed by atoms with Gasteiger partial charge in [0.05, 0.1) is 6.04 Å². The molecule has 0 saturated carbocycles. The Morgan fingerprint density at radius 3 is 2.68 bits per heavy atom. The van der Waals surface area contributed by atoms with Gasteiger partial charge in [-0.3, -0.25) is 9.59 Å². The molecule has 2 aromatic carbocycles. The van der Waals surface area contributed by atoms with E-state index in [1.807, 2.05) is 19.1 Å². The molecule has 1 unspecified atom stereocenters. The van der Waals surface area contributed by atoms with Crippen LogP contribution in [0.3, 0.4) is 0 Å². The van der Waals surface area contributed by atoms with Gasteiger partial charge in [0.1, 0.15) is 11.3 Å². The van der Waals surface area contributed by atoms with Crippen molar-refractivity contribution in [1.29, 1.82) is 0 Å². The highest BCUT2D eigenvalue weighted by Gasteiger charge is 2.11. The van der Waals surface area contributed by atoms with E-state index >= 15 is 0 Å². The minimum Gasteiger partial charge on any atom is -0.484 e. The van der Waals surface area contributed by atoms with Crippen LogP contribution < -0.4 is 21.0 Å². The smallest absolute Gasteiger partial charge is 0.336 e. The largest absolute Gasteiger partial charge is 0.484 e. The molecule has 2 amide bonds. The monoisotopic (exact) mass is 380 g/mol. The van der Waals surface area contributed by atoms with Crippen LogP contribution >= 0.6 is 0 Å². The second-order valence-electron chi connectivity index (χ2n) is 6.34. The minimum atomic E-state index is -0.447. The van der Waals surface area contributed by atoms with Crippen LogP contribution in [-0.4, -0.2) is 18.4 Å². The van der Waals surface area contributed by atoms with Crippen molar-refractivity contribution in [3.05, 3.63) is 70.6 Å². The Balaban J connectivity index is 1.59. The van der Waals surface area contributed by atoms with Gasteiger partial charge in [0.2, 0.25) is 5.91 Å². The fourth-order valence-electron chi connectivity index (χ4n) is 2.74. The van der Waals surface area contributed by atoms with Crippen molar-refractivity contribution < 1.29 is 18.7 Å². The highest BCUT2D eigenvalue weighted by Crippen LogP contribution is 2.20. The summed E-state index contributed by atoms with van der Waals surface area (Å²) in [6, 6.07) is 15.0. The number of nitrogens with one attached hydrogen (secondary N) is 2. The summed E-state index contributed by atoms with van der Waals surface area (Å²) in [5.74, 6) is -0.0298. The number of benzene rings is 2. The van der Waals surface area contributed by atoms with Crippen LogP contribution in [0.5, 0.6) is 5.75 Å². The molecule has 0 aliphatic heterocycles. The van der Waals surface area contributed by atoms with E-state index < -0.39 is 5.63 Å². The van der Waals surface area contributed by atoms with E-state index in [1.54, 1.807) is 36.4 Å². The average Bonchev–Trinajstić information content (AvgIpc) is 2.65. The van der Waals surface area contributed by atoms with Gasteiger partial charge >= 0.3 is 5.63 Å². The third-order valence-corrected chi connectivity index (χ3v) is 4.05. The summed E-state index contributed by atoms with van der Waals surface area (Å²) in [5, 5.41) is 6.32. The molecule has 2 N–H and O–H groups in total. The van der Waals surface area contributed by atoms with Crippen LogP contribution in [0, 0.1) is 0 Å². The third-order valence-electron chi connectivity index (χ3n) is 4.05. The normalized spacial score (nSPS) is 11.6. The van der Waals surface area contributed by atoms with Crippen LogP contribution in [0.1, 0.15) is 25.5 Å². The van der Waals surface area contributed by atoms with Gasteiger partial charge in [0, 0.05) is 30.1 Å². The summed E-state index contributed by atoms with van der Waals surface area (Å²) in [5.41, 5.74) is 1.47. The van der Waals surface area contributed by atoms with E-state index in [9.17, 15) is 14.4 Å². The molecule has 1 heterocycles. The molecule has 0 radical (unpaired) electrons. The third kappa shape index (κ3) is 4.97. The average molecular weight is 380 g/mol. The number of carbonyl (C=O) groups is 2. The van der Waals surface area contributed by atoms with E-state index in [2.05, 4.69) is 10.6 Å². The van der Waals surface area contributed by atoms with Gasteiger partial charge in [-0.1, -0.05) is 12.1 Å². The molecule has 0 saturated heterocycles. The van der Waals surface area contributed by atoms with Gasteiger partial charge in [-0.2, -0.15) is 0 Å². The van der Waals surface area contributed by atoms with Crippen molar-refractivity contribution in [2.45, 2.75) is 19.9 Å². The Bertz CT molecular complexity index is 1070. The first-order chi connectivity index (χ1) is 13.4. The number of carbonyl (C=O) groups excluding carboxylic acids is 2. The number of amides is 2. The Hall–Kier alpha value is -3.61. The summed E-state index contributed by atoms with van der Waals surface area (Å²) in [6.45, 7) is 3.10. The molecule has 1 atom stereocenters. The SMILES string of the molecule is CC(=O)Nc1cccc(C(C)NC(=O)COc2ccc3ccc(=O)oc3c2)c1. The fourth-order valence-corrected chi connectivity index (χ4v) is 2.74. The maximum absolute atomic E-state index is 12.2. The molecular formula is C21H20N2O5. The van der Waals surface area contributed by atoms with Crippen LogP contribution in [-0.2, 0) is 9.59 Å². The lowest BCUT2D eigenvalue weighted by atomic mass is 10.1. The molecule has 3 aromatic rings. The maximum atomic E-state index is 12.2. The summed E-state index contributed by atoms with van der Waals surface area (Å²) in [4.78, 5) is 34.7. The highest BCUT2D eigenvalue weighted by molar-refractivity contribution is 5.88. The van der Waals surface area contributed by atoms with E-state index in [0.29, 0.717) is 17.0 Å². The molecule has 0 aliphatic carbocycles. The van der Waals surface area contributed by atoms with Crippen molar-refractivity contribution in [3.63, 3.8) is 0 Å². The van der Waals surface area contributed by atoms with Crippen molar-refractivity contribution in [3.8, 4) is 5.75 Å².